The van der Waals surface area contributed by atoms with Crippen LogP contribution in [0.3, 0.4) is 0 Å². The minimum Gasteiger partial charge on any atom is -0.355 e. The number of aromatic nitrogens is 4. The molecule has 382 valence electrons. The molecule has 0 atom stereocenters. The lowest BCUT2D eigenvalue weighted by molar-refractivity contribution is 0.567. The molecular formula is C74H42F2N6. The predicted octanol–water partition coefficient (Wildman–Crippen LogP) is 19.3. The first kappa shape index (κ1) is 46.7. The van der Waals surface area contributed by atoms with Crippen molar-refractivity contribution in [1.82, 2.24) is 18.7 Å². The molecule has 0 bridgehead atoms. The van der Waals surface area contributed by atoms with Crippen LogP contribution in [0.2, 0.25) is 0 Å². The van der Waals surface area contributed by atoms with E-state index >= 15 is 8.78 Å². The number of nitriles is 2. The summed E-state index contributed by atoms with van der Waals surface area (Å²) in [5.41, 5.74) is 13.2. The topological polar surface area (TPSA) is 78.2 Å². The van der Waals surface area contributed by atoms with Gasteiger partial charge in [-0.15, -0.1) is 0 Å². The number of H-pyrrole nitrogens is 1. The van der Waals surface area contributed by atoms with Crippen molar-refractivity contribution in [1.29, 1.82) is 10.5 Å². The van der Waals surface area contributed by atoms with Gasteiger partial charge in [-0.2, -0.15) is 10.5 Å². The highest BCUT2D eigenvalue weighted by Crippen LogP contribution is 2.49. The van der Waals surface area contributed by atoms with Gasteiger partial charge in [0.25, 0.3) is 0 Å². The molecular weight excluding hydrogens is 1010 g/mol. The number of para-hydroxylation sites is 5. The monoisotopic (exact) mass is 1050 g/mol. The Balaban J connectivity index is 0.976. The maximum Gasteiger partial charge on any atom is 0.174 e. The second kappa shape index (κ2) is 18.1. The normalized spacial score (nSPS) is 11.8. The van der Waals surface area contributed by atoms with Crippen LogP contribution in [0.1, 0.15) is 11.1 Å². The first-order chi connectivity index (χ1) is 40.4. The molecule has 0 amide bonds. The van der Waals surface area contributed by atoms with Crippen LogP contribution in [0.4, 0.5) is 8.78 Å². The average molecular weight is 1050 g/mol. The van der Waals surface area contributed by atoms with Crippen molar-refractivity contribution in [3.63, 3.8) is 0 Å². The van der Waals surface area contributed by atoms with Crippen LogP contribution in [-0.4, -0.2) is 18.7 Å². The van der Waals surface area contributed by atoms with Crippen molar-refractivity contribution < 1.29 is 8.78 Å². The summed E-state index contributed by atoms with van der Waals surface area (Å²) < 4.78 is 44.7. The number of nitrogens with one attached hydrogen (secondary N) is 1. The zero-order valence-corrected chi connectivity index (χ0v) is 43.7. The van der Waals surface area contributed by atoms with Crippen molar-refractivity contribution in [2.24, 2.45) is 0 Å². The van der Waals surface area contributed by atoms with E-state index in [1.807, 2.05) is 143 Å². The van der Waals surface area contributed by atoms with Crippen LogP contribution in [0.25, 0.3) is 149 Å². The zero-order chi connectivity index (χ0) is 54.7. The van der Waals surface area contributed by atoms with E-state index in [2.05, 4.69) is 114 Å². The Hall–Kier alpha value is -11.3. The molecule has 0 aliphatic carbocycles. The molecule has 0 radical (unpaired) electrons. The third kappa shape index (κ3) is 6.96. The third-order valence-electron chi connectivity index (χ3n) is 16.5. The summed E-state index contributed by atoms with van der Waals surface area (Å²) in [6.45, 7) is 0. The minimum atomic E-state index is -0.827. The van der Waals surface area contributed by atoms with Crippen LogP contribution in [0.15, 0.2) is 249 Å². The van der Waals surface area contributed by atoms with Crippen molar-refractivity contribution in [3.8, 4) is 73.7 Å². The number of rotatable bonds is 7. The lowest BCUT2D eigenvalue weighted by Crippen LogP contribution is -2.14. The number of aromatic amines is 1. The van der Waals surface area contributed by atoms with Gasteiger partial charge in [-0.05, 0) is 130 Å². The number of halogens is 2. The van der Waals surface area contributed by atoms with Gasteiger partial charge in [-0.1, -0.05) is 158 Å². The molecule has 0 aliphatic heterocycles. The molecule has 82 heavy (non-hydrogen) atoms. The predicted molar refractivity (Wildman–Crippen MR) is 330 cm³/mol. The molecule has 6 nitrogen and oxygen atoms in total. The van der Waals surface area contributed by atoms with Crippen molar-refractivity contribution in [2.75, 3.05) is 0 Å². The Morgan fingerprint density at radius 3 is 1.10 bits per heavy atom. The van der Waals surface area contributed by atoms with E-state index in [0.29, 0.717) is 38.7 Å². The fraction of sp³-hybridized carbons (Fsp3) is 0. The highest BCUT2D eigenvalue weighted by molar-refractivity contribution is 6.15. The second-order valence-corrected chi connectivity index (χ2v) is 21.0. The maximum atomic E-state index is 19.7. The Morgan fingerprint density at radius 2 is 0.634 bits per heavy atom. The van der Waals surface area contributed by atoms with E-state index < -0.39 is 11.6 Å². The number of hydrogen-bond donors (Lipinski definition) is 1. The van der Waals surface area contributed by atoms with Gasteiger partial charge in [0.05, 0.1) is 67.7 Å². The molecule has 12 aromatic carbocycles. The molecule has 0 unspecified atom stereocenters. The average Bonchev–Trinajstić information content (AvgIpc) is 2.94. The lowest BCUT2D eigenvalue weighted by Gasteiger charge is -2.25. The molecule has 4 heterocycles. The molecule has 0 saturated heterocycles. The van der Waals surface area contributed by atoms with Gasteiger partial charge in [-0.25, -0.2) is 8.78 Å². The van der Waals surface area contributed by atoms with E-state index in [1.54, 1.807) is 16.7 Å². The Kier molecular flexibility index (Phi) is 10.3. The lowest BCUT2D eigenvalue weighted by atomic mass is 9.95. The first-order valence-corrected chi connectivity index (χ1v) is 27.2. The molecule has 16 rings (SSSR count). The summed E-state index contributed by atoms with van der Waals surface area (Å²) in [6.07, 6.45) is 0. The number of hydrogen-bond acceptors (Lipinski definition) is 2. The van der Waals surface area contributed by atoms with Crippen LogP contribution < -0.4 is 0 Å². The summed E-state index contributed by atoms with van der Waals surface area (Å²) >= 11 is 0. The molecule has 1 N–H and O–H groups in total. The number of nitrogens with zero attached hydrogens (tertiary/aromatic N) is 5. The highest BCUT2D eigenvalue weighted by Gasteiger charge is 2.34. The summed E-state index contributed by atoms with van der Waals surface area (Å²) in [4.78, 5) is 3.62. The summed E-state index contributed by atoms with van der Waals surface area (Å²) in [7, 11) is 0. The van der Waals surface area contributed by atoms with Gasteiger partial charge < -0.3 is 18.7 Å². The van der Waals surface area contributed by atoms with Crippen molar-refractivity contribution >= 4 is 87.2 Å². The molecule has 16 aromatic rings. The molecule has 0 fully saturated rings. The van der Waals surface area contributed by atoms with Crippen LogP contribution in [0, 0.1) is 34.3 Å². The molecule has 0 aliphatic rings. The van der Waals surface area contributed by atoms with Crippen molar-refractivity contribution in [3.05, 3.63) is 271 Å². The van der Waals surface area contributed by atoms with Gasteiger partial charge in [0.2, 0.25) is 0 Å². The Bertz CT molecular complexity index is 5330. The van der Waals surface area contributed by atoms with E-state index in [0.717, 1.165) is 81.9 Å². The smallest absolute Gasteiger partial charge is 0.174 e. The summed E-state index contributed by atoms with van der Waals surface area (Å²) in [6, 6.07) is 86.7. The number of benzene rings is 12. The quantitative estimate of drug-likeness (QED) is 0.173. The first-order valence-electron chi connectivity index (χ1n) is 27.2. The van der Waals surface area contributed by atoms with Crippen LogP contribution in [0.5, 0.6) is 0 Å². The molecule has 8 heteroatoms. The SMILES string of the molecule is N#Cc1cc(C#N)cc(-c2c(-n3c4ccccc4c4ccccc43)c(F)c(-n3c4ccccc4c4ccccc43)c(F)c2-n2c3ccccc3c3cc(-c4cccc(-c5ccc6[nH]c7ccc(-c8ccccc8)cc7c6c5)c4)ccc32)c1. The van der Waals surface area contributed by atoms with Gasteiger partial charge >= 0.3 is 0 Å². The maximum absolute atomic E-state index is 19.7. The van der Waals surface area contributed by atoms with Gasteiger partial charge in [0, 0.05) is 59.7 Å². The van der Waals surface area contributed by atoms with E-state index in [9.17, 15) is 10.5 Å². The Labute approximate surface area is 468 Å². The fourth-order valence-electron chi connectivity index (χ4n) is 12.9. The third-order valence-corrected chi connectivity index (χ3v) is 16.5. The molecule has 0 saturated carbocycles. The second-order valence-electron chi connectivity index (χ2n) is 21.0. The van der Waals surface area contributed by atoms with Crippen LogP contribution >= 0.6 is 0 Å². The standard InChI is InChI=1S/C74H42F2N6/c75-70-72(80-63-24-9-4-19-53(63)54-20-5-10-25-64(54)80)69(52-36-44(42-77)35-45(37-52)43-78)73(71(76)74(70)82-65-26-11-6-21-55(65)56-22-7-12-27-66(56)82)81-67-28-13-8-23-57(67)60-41-51(31-34-68(60)81)48-18-14-17-47(38-48)50-30-33-62-59(40-50)58-39-49(29-32-61(58)79-62)46-15-2-1-3-16-46/h1-41,79H. The van der Waals surface area contributed by atoms with Crippen LogP contribution in [-0.2, 0) is 0 Å². The van der Waals surface area contributed by atoms with Gasteiger partial charge in [-0.3, -0.25) is 0 Å². The molecule has 0 spiro atoms. The zero-order valence-electron chi connectivity index (χ0n) is 43.7. The van der Waals surface area contributed by atoms with E-state index in [4.69, 9.17) is 0 Å². The summed E-state index contributed by atoms with van der Waals surface area (Å²) in [5.74, 6) is -1.65. The minimum absolute atomic E-state index is 0.0543. The van der Waals surface area contributed by atoms with Gasteiger partial charge in [0.1, 0.15) is 5.69 Å². The van der Waals surface area contributed by atoms with E-state index in [1.165, 1.54) is 11.6 Å². The largest absolute Gasteiger partial charge is 0.355 e. The Morgan fingerprint density at radius 1 is 0.280 bits per heavy atom. The van der Waals surface area contributed by atoms with Crippen molar-refractivity contribution in [2.45, 2.75) is 0 Å². The number of fused-ring (bicyclic) bond motifs is 12. The highest BCUT2D eigenvalue weighted by atomic mass is 19.1. The van der Waals surface area contributed by atoms with Gasteiger partial charge in [0.15, 0.2) is 11.6 Å². The fourth-order valence-corrected chi connectivity index (χ4v) is 12.9. The summed E-state index contributed by atoms with van der Waals surface area (Å²) in [5, 5.41) is 28.6. The molecule has 4 aromatic heterocycles. The van der Waals surface area contributed by atoms with E-state index in [-0.39, 0.29) is 33.8 Å².